The highest BCUT2D eigenvalue weighted by Crippen LogP contribution is 2.19. The molecule has 1 aliphatic heterocycles. The number of benzene rings is 1. The Morgan fingerprint density at radius 1 is 1.19 bits per heavy atom. The van der Waals surface area contributed by atoms with Crippen LogP contribution in [0.25, 0.3) is 0 Å². The predicted octanol–water partition coefficient (Wildman–Crippen LogP) is 0.366. The lowest BCUT2D eigenvalue weighted by Gasteiger charge is -2.21. The van der Waals surface area contributed by atoms with Crippen molar-refractivity contribution >= 4 is 11.8 Å². The standard InChI is InChI=1S/C15H20N2O4/c1-10-3-4-12(7-14(10)20)15(21)17-6-5-16(11(2)18)8-13(19)9-17/h3-4,7,13,19-20H,5-6,8-9H2,1-2H3. The second kappa shape index (κ2) is 6.13. The average molecular weight is 292 g/mol. The van der Waals surface area contributed by atoms with Crippen LogP contribution in [0.5, 0.6) is 5.75 Å². The van der Waals surface area contributed by atoms with Crippen molar-refractivity contribution in [2.24, 2.45) is 0 Å². The molecule has 1 fully saturated rings. The smallest absolute Gasteiger partial charge is 0.254 e. The van der Waals surface area contributed by atoms with Gasteiger partial charge in [0.05, 0.1) is 6.10 Å². The molecule has 2 rings (SSSR count). The van der Waals surface area contributed by atoms with E-state index in [-0.39, 0.29) is 30.7 Å². The molecule has 1 unspecified atom stereocenters. The molecule has 114 valence electrons. The number of β-amino-alcohol motifs (C(OH)–C–C–N with tert-alkyl or cyclic N) is 1. The number of phenolic OH excluding ortho intramolecular Hbond substituents is 1. The number of aliphatic hydroxyl groups is 1. The summed E-state index contributed by atoms with van der Waals surface area (Å²) in [4.78, 5) is 26.9. The molecule has 2 amide bonds. The maximum Gasteiger partial charge on any atom is 0.254 e. The topological polar surface area (TPSA) is 81.1 Å². The fourth-order valence-electron chi connectivity index (χ4n) is 2.39. The third-order valence-electron chi connectivity index (χ3n) is 3.69. The summed E-state index contributed by atoms with van der Waals surface area (Å²) in [6, 6.07) is 4.76. The van der Waals surface area contributed by atoms with E-state index < -0.39 is 6.10 Å². The fourth-order valence-corrected chi connectivity index (χ4v) is 2.39. The number of hydrogen-bond donors (Lipinski definition) is 2. The lowest BCUT2D eigenvalue weighted by Crippen LogP contribution is -2.37. The lowest BCUT2D eigenvalue weighted by molar-refractivity contribution is -0.129. The Bertz CT molecular complexity index is 559. The van der Waals surface area contributed by atoms with Gasteiger partial charge >= 0.3 is 0 Å². The highest BCUT2D eigenvalue weighted by Gasteiger charge is 2.26. The Labute approximate surface area is 123 Å². The molecule has 1 aromatic rings. The molecular weight excluding hydrogens is 272 g/mol. The number of phenols is 1. The van der Waals surface area contributed by atoms with Gasteiger partial charge in [-0.1, -0.05) is 6.07 Å². The number of aromatic hydroxyl groups is 1. The third-order valence-corrected chi connectivity index (χ3v) is 3.69. The van der Waals surface area contributed by atoms with Gasteiger partial charge in [-0.3, -0.25) is 9.59 Å². The molecule has 6 nitrogen and oxygen atoms in total. The van der Waals surface area contributed by atoms with E-state index in [0.29, 0.717) is 24.2 Å². The summed E-state index contributed by atoms with van der Waals surface area (Å²) in [5, 5.41) is 19.6. The molecular formula is C15H20N2O4. The molecule has 0 spiro atoms. The van der Waals surface area contributed by atoms with Gasteiger partial charge < -0.3 is 20.0 Å². The number of hydrogen-bond acceptors (Lipinski definition) is 4. The number of nitrogens with zero attached hydrogens (tertiary/aromatic N) is 2. The maximum atomic E-state index is 12.4. The zero-order valence-corrected chi connectivity index (χ0v) is 12.2. The summed E-state index contributed by atoms with van der Waals surface area (Å²) < 4.78 is 0. The van der Waals surface area contributed by atoms with Gasteiger partial charge in [0.25, 0.3) is 5.91 Å². The molecule has 1 heterocycles. The van der Waals surface area contributed by atoms with Gasteiger partial charge in [0.1, 0.15) is 5.75 Å². The minimum atomic E-state index is -0.764. The highest BCUT2D eigenvalue weighted by atomic mass is 16.3. The molecule has 1 aromatic carbocycles. The maximum absolute atomic E-state index is 12.4. The number of rotatable bonds is 1. The highest BCUT2D eigenvalue weighted by molar-refractivity contribution is 5.94. The zero-order valence-electron chi connectivity index (χ0n) is 12.2. The molecule has 6 heteroatoms. The quantitative estimate of drug-likeness (QED) is 0.783. The Hall–Kier alpha value is -2.08. The van der Waals surface area contributed by atoms with E-state index in [4.69, 9.17) is 0 Å². The largest absolute Gasteiger partial charge is 0.508 e. The Morgan fingerprint density at radius 2 is 1.81 bits per heavy atom. The van der Waals surface area contributed by atoms with Crippen molar-refractivity contribution in [3.8, 4) is 5.75 Å². The van der Waals surface area contributed by atoms with Gasteiger partial charge in [-0.2, -0.15) is 0 Å². The van der Waals surface area contributed by atoms with E-state index in [1.54, 1.807) is 19.1 Å². The van der Waals surface area contributed by atoms with E-state index in [1.807, 2.05) is 0 Å². The van der Waals surface area contributed by atoms with Crippen LogP contribution in [0.2, 0.25) is 0 Å². The van der Waals surface area contributed by atoms with Crippen LogP contribution < -0.4 is 0 Å². The number of aliphatic hydroxyl groups excluding tert-OH is 1. The molecule has 21 heavy (non-hydrogen) atoms. The summed E-state index contributed by atoms with van der Waals surface area (Å²) in [7, 11) is 0. The van der Waals surface area contributed by atoms with E-state index in [1.165, 1.54) is 22.8 Å². The van der Waals surface area contributed by atoms with Crippen molar-refractivity contribution in [3.63, 3.8) is 0 Å². The van der Waals surface area contributed by atoms with Crippen LogP contribution in [0.15, 0.2) is 18.2 Å². The van der Waals surface area contributed by atoms with Gasteiger partial charge in [-0.25, -0.2) is 0 Å². The van der Waals surface area contributed by atoms with Crippen molar-refractivity contribution in [1.29, 1.82) is 0 Å². The van der Waals surface area contributed by atoms with Gasteiger partial charge in [-0.15, -0.1) is 0 Å². The second-order valence-electron chi connectivity index (χ2n) is 5.37. The SMILES string of the molecule is CC(=O)N1CCN(C(=O)c2ccc(C)c(O)c2)CC(O)C1. The number of amides is 2. The first kappa shape index (κ1) is 15.3. The minimum absolute atomic E-state index is 0.0709. The first-order valence-corrected chi connectivity index (χ1v) is 6.91. The Kier molecular flexibility index (Phi) is 4.47. The van der Waals surface area contributed by atoms with E-state index in [2.05, 4.69) is 0 Å². The van der Waals surface area contributed by atoms with Gasteiger partial charge in [0.2, 0.25) is 5.91 Å². The summed E-state index contributed by atoms with van der Waals surface area (Å²) in [6.45, 7) is 4.38. The first-order chi connectivity index (χ1) is 9.88. The summed E-state index contributed by atoms with van der Waals surface area (Å²) in [5.41, 5.74) is 1.08. The molecule has 0 saturated carbocycles. The third kappa shape index (κ3) is 3.52. The molecule has 1 aliphatic rings. The van der Waals surface area contributed by atoms with Crippen LogP contribution in [-0.4, -0.2) is 64.1 Å². The van der Waals surface area contributed by atoms with Crippen LogP contribution in [0.3, 0.4) is 0 Å². The summed E-state index contributed by atoms with van der Waals surface area (Å²) >= 11 is 0. The number of aryl methyl sites for hydroxylation is 1. The molecule has 1 atom stereocenters. The van der Waals surface area contributed by atoms with Crippen LogP contribution >= 0.6 is 0 Å². The zero-order chi connectivity index (χ0) is 15.6. The van der Waals surface area contributed by atoms with E-state index >= 15 is 0 Å². The fraction of sp³-hybridized carbons (Fsp3) is 0.467. The van der Waals surface area contributed by atoms with Gasteiger partial charge in [0, 0.05) is 38.7 Å². The molecule has 0 radical (unpaired) electrons. The molecule has 0 aromatic heterocycles. The lowest BCUT2D eigenvalue weighted by atomic mass is 10.1. The van der Waals surface area contributed by atoms with Crippen molar-refractivity contribution in [3.05, 3.63) is 29.3 Å². The van der Waals surface area contributed by atoms with Crippen LogP contribution in [0.4, 0.5) is 0 Å². The van der Waals surface area contributed by atoms with E-state index in [9.17, 15) is 19.8 Å². The molecule has 0 aliphatic carbocycles. The van der Waals surface area contributed by atoms with Crippen LogP contribution in [-0.2, 0) is 4.79 Å². The van der Waals surface area contributed by atoms with Crippen LogP contribution in [0.1, 0.15) is 22.8 Å². The van der Waals surface area contributed by atoms with Crippen molar-refractivity contribution in [1.82, 2.24) is 9.80 Å². The molecule has 2 N–H and O–H groups in total. The number of carbonyl (C=O) groups is 2. The minimum Gasteiger partial charge on any atom is -0.508 e. The molecule has 1 saturated heterocycles. The monoisotopic (exact) mass is 292 g/mol. The summed E-state index contributed by atoms with van der Waals surface area (Å²) in [5.74, 6) is -0.298. The first-order valence-electron chi connectivity index (χ1n) is 6.91. The van der Waals surface area contributed by atoms with Crippen molar-refractivity contribution < 1.29 is 19.8 Å². The number of carbonyl (C=O) groups excluding carboxylic acids is 2. The predicted molar refractivity (Wildman–Crippen MR) is 77.0 cm³/mol. The van der Waals surface area contributed by atoms with Crippen molar-refractivity contribution in [2.45, 2.75) is 20.0 Å². The molecule has 0 bridgehead atoms. The van der Waals surface area contributed by atoms with Gasteiger partial charge in [-0.05, 0) is 24.6 Å². The normalized spacial score (nSPS) is 19.3. The van der Waals surface area contributed by atoms with Crippen molar-refractivity contribution in [2.75, 3.05) is 26.2 Å². The Morgan fingerprint density at radius 3 is 2.43 bits per heavy atom. The van der Waals surface area contributed by atoms with Gasteiger partial charge in [0.15, 0.2) is 0 Å². The average Bonchev–Trinajstić information content (AvgIpc) is 2.63. The Balaban J connectivity index is 2.15. The second-order valence-corrected chi connectivity index (χ2v) is 5.37. The van der Waals surface area contributed by atoms with E-state index in [0.717, 1.165) is 0 Å². The van der Waals surface area contributed by atoms with Crippen LogP contribution in [0, 0.1) is 6.92 Å². The summed E-state index contributed by atoms with van der Waals surface area (Å²) in [6.07, 6.45) is -0.764.